The minimum absolute atomic E-state index is 0. The molecule has 2 aromatic rings. The van der Waals surface area contributed by atoms with Crippen molar-refractivity contribution in [3.63, 3.8) is 0 Å². The minimum Gasteiger partial charge on any atom is -0.714 e. The molecule has 3 rings (SSSR count). The first-order valence-corrected chi connectivity index (χ1v) is 9.32. The van der Waals surface area contributed by atoms with Crippen LogP contribution < -0.4 is 56.3 Å². The van der Waals surface area contributed by atoms with Gasteiger partial charge in [-0.2, -0.15) is 8.42 Å². The van der Waals surface area contributed by atoms with Crippen LogP contribution >= 0.6 is 11.6 Å². The van der Waals surface area contributed by atoms with Crippen LogP contribution in [0.4, 0.5) is 5.69 Å². The number of hydrogen-bond donors (Lipinski definition) is 0. The number of nitrogens with zero attached hydrogens (tertiary/aromatic N) is 2. The van der Waals surface area contributed by atoms with Crippen molar-refractivity contribution in [2.75, 3.05) is 11.4 Å². The van der Waals surface area contributed by atoms with Crippen LogP contribution in [0.25, 0.3) is 0 Å². The van der Waals surface area contributed by atoms with Crippen molar-refractivity contribution in [3.8, 4) is 0 Å². The Hall–Kier alpha value is -0.784. The topological polar surface area (TPSA) is 99.1 Å². The maximum absolute atomic E-state index is 13.0. The summed E-state index contributed by atoms with van der Waals surface area (Å²) in [6.45, 7) is 1.80. The second-order valence-electron chi connectivity index (χ2n) is 5.80. The van der Waals surface area contributed by atoms with Gasteiger partial charge < -0.3 is 9.45 Å². The van der Waals surface area contributed by atoms with Gasteiger partial charge in [-0.05, 0) is 36.2 Å². The first kappa shape index (κ1) is 22.5. The number of fused-ring (bicyclic) bond motifs is 1. The number of halogens is 1. The molecule has 0 radical (unpaired) electrons. The third-order valence-corrected chi connectivity index (χ3v) is 4.44. The van der Waals surface area contributed by atoms with E-state index in [-0.39, 0.29) is 76.0 Å². The van der Waals surface area contributed by atoms with Crippen LogP contribution in [0.5, 0.6) is 0 Å². The molecule has 0 saturated heterocycles. The van der Waals surface area contributed by atoms with Gasteiger partial charge >= 0.3 is 51.4 Å². The number of carbonyl (C=O) groups is 1. The third kappa shape index (κ3) is 5.61. The molecule has 0 saturated carbocycles. The summed E-state index contributed by atoms with van der Waals surface area (Å²) >= 11 is 6.07. The van der Waals surface area contributed by atoms with Crippen molar-refractivity contribution in [2.24, 2.45) is 5.16 Å². The van der Waals surface area contributed by atoms with Gasteiger partial charge in [-0.1, -0.05) is 41.0 Å². The van der Waals surface area contributed by atoms with E-state index in [9.17, 15) is 17.8 Å². The number of aryl methyl sites for hydroxylation is 1. The number of amides is 1. The quantitative estimate of drug-likeness (QED) is 0.287. The molecule has 0 atom stereocenters. The molecule has 10 heteroatoms. The van der Waals surface area contributed by atoms with Crippen LogP contribution in [0, 0.1) is 6.92 Å². The zero-order valence-corrected chi connectivity index (χ0v) is 19.4. The molecular weight excluding hydrogens is 419 g/mol. The Morgan fingerprint density at radius 3 is 2.63 bits per heavy atom. The van der Waals surface area contributed by atoms with Crippen LogP contribution in [0.15, 0.2) is 47.6 Å². The Kier molecular flexibility index (Phi) is 7.62. The summed E-state index contributed by atoms with van der Waals surface area (Å²) < 4.78 is 36.0. The van der Waals surface area contributed by atoms with E-state index >= 15 is 0 Å². The Morgan fingerprint density at radius 2 is 1.96 bits per heavy atom. The standard InChI is InChI=1S/C17H15ClN2O5S.K/c1-11-4-2-3-5-15(11)17(21)20-10-14(19-25-26(22,23)24)8-12-6-7-13(18)9-16(12)20;/h2-7,9H,8,10H2,1H3,(H,22,23,24);/q;+1/p-1/b19-14-;. The normalized spacial score (nSPS) is 15.1. The number of rotatable bonds is 3. The van der Waals surface area contributed by atoms with E-state index in [0.29, 0.717) is 21.8 Å². The van der Waals surface area contributed by atoms with E-state index in [1.165, 1.54) is 4.90 Å². The Balaban J connectivity index is 0.00000261. The van der Waals surface area contributed by atoms with E-state index in [1.807, 2.05) is 19.1 Å². The van der Waals surface area contributed by atoms with Crippen LogP contribution in [-0.2, 0) is 21.1 Å². The third-order valence-electron chi connectivity index (χ3n) is 3.95. The predicted octanol–water partition coefficient (Wildman–Crippen LogP) is -0.312. The van der Waals surface area contributed by atoms with Gasteiger partial charge in [0, 0.05) is 22.7 Å². The van der Waals surface area contributed by atoms with Crippen molar-refractivity contribution in [1.29, 1.82) is 0 Å². The van der Waals surface area contributed by atoms with Gasteiger partial charge in [0.25, 0.3) is 16.3 Å². The van der Waals surface area contributed by atoms with Crippen molar-refractivity contribution in [2.45, 2.75) is 13.3 Å². The van der Waals surface area contributed by atoms with Crippen LogP contribution in [0.1, 0.15) is 21.5 Å². The summed E-state index contributed by atoms with van der Waals surface area (Å²) in [6, 6.07) is 12.1. The average molecular weight is 433 g/mol. The summed E-state index contributed by atoms with van der Waals surface area (Å²) in [5, 5.41) is 3.88. The Labute approximate surface area is 204 Å². The van der Waals surface area contributed by atoms with E-state index in [2.05, 4.69) is 9.44 Å². The van der Waals surface area contributed by atoms with E-state index in [0.717, 1.165) is 5.56 Å². The second-order valence-corrected chi connectivity index (χ2v) is 7.20. The molecule has 0 aromatic heterocycles. The van der Waals surface area contributed by atoms with Crippen molar-refractivity contribution < 1.29 is 73.4 Å². The zero-order chi connectivity index (χ0) is 18.9. The molecule has 1 amide bonds. The molecule has 1 aliphatic rings. The van der Waals surface area contributed by atoms with Gasteiger partial charge in [0.05, 0.1) is 12.3 Å². The fourth-order valence-electron chi connectivity index (χ4n) is 2.78. The molecule has 0 unspecified atom stereocenters. The van der Waals surface area contributed by atoms with Crippen LogP contribution in [0.3, 0.4) is 0 Å². The van der Waals surface area contributed by atoms with Crippen molar-refractivity contribution in [1.82, 2.24) is 0 Å². The average Bonchev–Trinajstić information content (AvgIpc) is 2.58. The molecule has 2 aromatic carbocycles. The van der Waals surface area contributed by atoms with Gasteiger partial charge in [0.1, 0.15) is 0 Å². The Bertz CT molecular complexity index is 1010. The Morgan fingerprint density at radius 1 is 1.26 bits per heavy atom. The molecule has 27 heavy (non-hydrogen) atoms. The van der Waals surface area contributed by atoms with Crippen molar-refractivity contribution >= 4 is 39.3 Å². The summed E-state index contributed by atoms with van der Waals surface area (Å²) in [5.74, 6) is -0.288. The molecule has 7 nitrogen and oxygen atoms in total. The molecule has 136 valence electrons. The van der Waals surface area contributed by atoms with Gasteiger partial charge in [-0.3, -0.25) is 9.08 Å². The maximum Gasteiger partial charge on any atom is 1.00 e. The van der Waals surface area contributed by atoms with E-state index in [1.54, 1.807) is 30.3 Å². The second kappa shape index (κ2) is 9.14. The first-order valence-electron chi connectivity index (χ1n) is 7.61. The molecule has 0 N–H and O–H groups in total. The SMILES string of the molecule is Cc1ccccc1C(=O)N1C/C(=N\OS(=O)(=O)[O-])Cc2ccc(Cl)cc21.[K+]. The molecule has 0 fully saturated rings. The summed E-state index contributed by atoms with van der Waals surface area (Å²) in [7, 11) is -4.97. The predicted molar refractivity (Wildman–Crippen MR) is 96.2 cm³/mol. The zero-order valence-electron chi connectivity index (χ0n) is 14.7. The number of anilines is 1. The first-order chi connectivity index (χ1) is 12.2. The van der Waals surface area contributed by atoms with Crippen LogP contribution in [-0.4, -0.2) is 31.1 Å². The summed E-state index contributed by atoms with van der Waals surface area (Å²) in [5.41, 5.74) is 2.85. The number of carbonyl (C=O) groups excluding carboxylic acids is 1. The van der Waals surface area contributed by atoms with Gasteiger partial charge in [0.2, 0.25) is 0 Å². The molecular formula is C17H14ClKN2O5S. The minimum atomic E-state index is -4.97. The molecule has 1 heterocycles. The molecule has 0 bridgehead atoms. The number of hydrogen-bond acceptors (Lipinski definition) is 6. The van der Waals surface area contributed by atoms with Gasteiger partial charge in [0.15, 0.2) is 0 Å². The molecule has 0 spiro atoms. The maximum atomic E-state index is 13.0. The van der Waals surface area contributed by atoms with Gasteiger partial charge in [-0.15, -0.1) is 0 Å². The largest absolute Gasteiger partial charge is 1.00 e. The number of oxime groups is 1. The van der Waals surface area contributed by atoms with Crippen molar-refractivity contribution in [3.05, 3.63) is 64.2 Å². The van der Waals surface area contributed by atoms with Crippen LogP contribution in [0.2, 0.25) is 5.02 Å². The fourth-order valence-corrected chi connectivity index (χ4v) is 3.14. The van der Waals surface area contributed by atoms with Gasteiger partial charge in [-0.25, -0.2) is 0 Å². The van der Waals surface area contributed by atoms with E-state index < -0.39 is 10.4 Å². The molecule has 0 aliphatic carbocycles. The summed E-state index contributed by atoms with van der Waals surface area (Å²) in [4.78, 5) is 14.5. The number of benzene rings is 2. The monoisotopic (exact) mass is 432 g/mol. The smallest absolute Gasteiger partial charge is 0.714 e. The molecule has 1 aliphatic heterocycles. The fraction of sp³-hybridized carbons (Fsp3) is 0.176. The van der Waals surface area contributed by atoms with E-state index in [4.69, 9.17) is 11.6 Å². The summed E-state index contributed by atoms with van der Waals surface area (Å²) in [6.07, 6.45) is 0.236.